The van der Waals surface area contributed by atoms with Crippen LogP contribution in [0.4, 0.5) is 4.39 Å². The molecular weight excluding hydrogens is 295 g/mol. The van der Waals surface area contributed by atoms with Gasteiger partial charge in [0.1, 0.15) is 5.82 Å². The summed E-state index contributed by atoms with van der Waals surface area (Å²) in [6.07, 6.45) is 3.43. The van der Waals surface area contributed by atoms with Crippen molar-refractivity contribution >= 4 is 15.9 Å². The van der Waals surface area contributed by atoms with Gasteiger partial charge in [0, 0.05) is 34.4 Å². The molecule has 2 rings (SSSR count). The molecule has 0 saturated heterocycles. The highest BCUT2D eigenvalue weighted by Gasteiger charge is 2.21. The topological polar surface area (TPSA) is 38.9 Å². The molecule has 18 heavy (non-hydrogen) atoms. The Kier molecular flexibility index (Phi) is 4.09. The number of nitrogens with zero attached hydrogens (tertiary/aromatic N) is 1. The molecule has 94 valence electrons. The second kappa shape index (κ2) is 5.59. The summed E-state index contributed by atoms with van der Waals surface area (Å²) >= 11 is 3.36. The van der Waals surface area contributed by atoms with E-state index in [-0.39, 0.29) is 11.7 Å². The normalized spacial score (nSPS) is 14.2. The number of hydrogen-bond acceptors (Lipinski definition) is 2. The van der Waals surface area contributed by atoms with Gasteiger partial charge in [0.15, 0.2) is 0 Å². The van der Waals surface area contributed by atoms with Crippen LogP contribution in [-0.4, -0.2) is 4.98 Å². The number of aromatic nitrogens is 1. The van der Waals surface area contributed by atoms with E-state index >= 15 is 0 Å². The van der Waals surface area contributed by atoms with Crippen LogP contribution in [0.25, 0.3) is 0 Å². The summed E-state index contributed by atoms with van der Waals surface area (Å²) in [6, 6.07) is 8.30. The van der Waals surface area contributed by atoms with Gasteiger partial charge in [-0.25, -0.2) is 4.39 Å². The molecule has 0 bridgehead atoms. The first-order valence-corrected chi connectivity index (χ1v) is 6.50. The van der Waals surface area contributed by atoms with Crippen molar-refractivity contribution in [2.75, 3.05) is 0 Å². The summed E-state index contributed by atoms with van der Waals surface area (Å²) in [5, 5.41) is 0. The van der Waals surface area contributed by atoms with Gasteiger partial charge in [0.05, 0.1) is 0 Å². The van der Waals surface area contributed by atoms with Crippen LogP contribution in [0, 0.1) is 5.82 Å². The predicted octanol–water partition coefficient (Wildman–Crippen LogP) is 3.79. The summed E-state index contributed by atoms with van der Waals surface area (Å²) in [5.41, 5.74) is 7.75. The molecule has 0 amide bonds. The van der Waals surface area contributed by atoms with Gasteiger partial charge in [-0.3, -0.25) is 4.98 Å². The van der Waals surface area contributed by atoms with Crippen molar-refractivity contribution in [2.45, 2.75) is 18.9 Å². The van der Waals surface area contributed by atoms with Gasteiger partial charge in [-0.2, -0.15) is 0 Å². The molecule has 2 unspecified atom stereocenters. The Labute approximate surface area is 114 Å². The van der Waals surface area contributed by atoms with Crippen LogP contribution in [0.3, 0.4) is 0 Å². The lowest BCUT2D eigenvalue weighted by molar-refractivity contribution is 0.537. The fourth-order valence-corrected chi connectivity index (χ4v) is 2.56. The smallest absolute Gasteiger partial charge is 0.129 e. The maximum atomic E-state index is 13.9. The Bertz CT molecular complexity index is 510. The van der Waals surface area contributed by atoms with Crippen molar-refractivity contribution in [1.29, 1.82) is 0 Å². The minimum atomic E-state index is -0.400. The molecule has 1 heterocycles. The van der Waals surface area contributed by atoms with Crippen LogP contribution in [-0.2, 0) is 0 Å². The average Bonchev–Trinajstić information content (AvgIpc) is 2.38. The SMILES string of the molecule is CC(c1ccncc1)C(N)c1c(F)cccc1Br. The number of nitrogens with two attached hydrogens (primary N) is 1. The lowest BCUT2D eigenvalue weighted by atomic mass is 9.89. The molecular formula is C14H14BrFN2. The van der Waals surface area contributed by atoms with Crippen LogP contribution in [0.5, 0.6) is 0 Å². The number of rotatable bonds is 3. The van der Waals surface area contributed by atoms with E-state index in [4.69, 9.17) is 5.73 Å². The lowest BCUT2D eigenvalue weighted by Gasteiger charge is -2.22. The standard InChI is InChI=1S/C14H14BrFN2/c1-9(10-5-7-18-8-6-10)14(17)13-11(15)3-2-4-12(13)16/h2-9,14H,17H2,1H3. The zero-order chi connectivity index (χ0) is 13.1. The van der Waals surface area contributed by atoms with E-state index in [2.05, 4.69) is 20.9 Å². The molecule has 0 aliphatic carbocycles. The molecule has 1 aromatic heterocycles. The first-order valence-electron chi connectivity index (χ1n) is 5.70. The van der Waals surface area contributed by atoms with Crippen LogP contribution in [0.2, 0.25) is 0 Å². The van der Waals surface area contributed by atoms with Crippen LogP contribution in [0.1, 0.15) is 30.0 Å². The minimum Gasteiger partial charge on any atom is -0.323 e. The maximum Gasteiger partial charge on any atom is 0.129 e. The van der Waals surface area contributed by atoms with Gasteiger partial charge in [-0.15, -0.1) is 0 Å². The lowest BCUT2D eigenvalue weighted by Crippen LogP contribution is -2.19. The molecule has 0 spiro atoms. The molecule has 2 atom stereocenters. The molecule has 0 fully saturated rings. The zero-order valence-electron chi connectivity index (χ0n) is 9.98. The second-order valence-corrected chi connectivity index (χ2v) is 5.08. The first-order chi connectivity index (χ1) is 8.61. The van der Waals surface area contributed by atoms with Crippen molar-refractivity contribution < 1.29 is 4.39 Å². The number of halogens is 2. The Balaban J connectivity index is 2.34. The second-order valence-electron chi connectivity index (χ2n) is 4.23. The molecule has 2 aromatic rings. The number of hydrogen-bond donors (Lipinski definition) is 1. The molecule has 0 aliphatic rings. The predicted molar refractivity (Wildman–Crippen MR) is 73.7 cm³/mol. The van der Waals surface area contributed by atoms with E-state index in [1.54, 1.807) is 24.5 Å². The Morgan fingerprint density at radius 1 is 1.22 bits per heavy atom. The van der Waals surface area contributed by atoms with Gasteiger partial charge >= 0.3 is 0 Å². The molecule has 0 aliphatic heterocycles. The fraction of sp³-hybridized carbons (Fsp3) is 0.214. The molecule has 2 N–H and O–H groups in total. The minimum absolute atomic E-state index is 0.0150. The van der Waals surface area contributed by atoms with Gasteiger partial charge in [-0.05, 0) is 29.8 Å². The first kappa shape index (κ1) is 13.2. The number of benzene rings is 1. The highest BCUT2D eigenvalue weighted by Crippen LogP contribution is 2.33. The summed E-state index contributed by atoms with van der Waals surface area (Å²) in [4.78, 5) is 3.97. The van der Waals surface area contributed by atoms with Gasteiger partial charge in [0.25, 0.3) is 0 Å². The van der Waals surface area contributed by atoms with E-state index in [0.29, 0.717) is 10.0 Å². The Hall–Kier alpha value is -1.26. The molecule has 1 aromatic carbocycles. The van der Waals surface area contributed by atoms with Gasteiger partial charge in [-0.1, -0.05) is 28.9 Å². The maximum absolute atomic E-state index is 13.9. The van der Waals surface area contributed by atoms with Crippen molar-refractivity contribution in [3.05, 3.63) is 64.1 Å². The van der Waals surface area contributed by atoms with E-state index < -0.39 is 6.04 Å². The van der Waals surface area contributed by atoms with E-state index in [0.717, 1.165) is 5.56 Å². The highest BCUT2D eigenvalue weighted by atomic mass is 79.9. The summed E-state index contributed by atoms with van der Waals surface area (Å²) in [7, 11) is 0. The average molecular weight is 309 g/mol. The van der Waals surface area contributed by atoms with Crippen molar-refractivity contribution in [3.8, 4) is 0 Å². The Morgan fingerprint density at radius 2 is 1.89 bits per heavy atom. The largest absolute Gasteiger partial charge is 0.323 e. The van der Waals surface area contributed by atoms with Crippen molar-refractivity contribution in [3.63, 3.8) is 0 Å². The molecule has 0 saturated carbocycles. The van der Waals surface area contributed by atoms with E-state index in [9.17, 15) is 4.39 Å². The van der Waals surface area contributed by atoms with Crippen LogP contribution in [0.15, 0.2) is 47.2 Å². The molecule has 0 radical (unpaired) electrons. The monoisotopic (exact) mass is 308 g/mol. The number of pyridine rings is 1. The summed E-state index contributed by atoms with van der Waals surface area (Å²) in [5.74, 6) is -0.265. The molecule has 4 heteroatoms. The summed E-state index contributed by atoms with van der Waals surface area (Å²) < 4.78 is 14.6. The molecule has 2 nitrogen and oxygen atoms in total. The third-order valence-corrected chi connectivity index (χ3v) is 3.80. The van der Waals surface area contributed by atoms with Gasteiger partial charge < -0.3 is 5.73 Å². The van der Waals surface area contributed by atoms with Crippen LogP contribution >= 0.6 is 15.9 Å². The van der Waals surface area contributed by atoms with Crippen LogP contribution < -0.4 is 5.73 Å². The van der Waals surface area contributed by atoms with E-state index in [1.165, 1.54) is 6.07 Å². The third kappa shape index (κ3) is 2.60. The summed E-state index contributed by atoms with van der Waals surface area (Å²) in [6.45, 7) is 1.98. The third-order valence-electron chi connectivity index (χ3n) is 3.10. The van der Waals surface area contributed by atoms with Crippen molar-refractivity contribution in [1.82, 2.24) is 4.98 Å². The Morgan fingerprint density at radius 3 is 2.50 bits per heavy atom. The highest BCUT2D eigenvalue weighted by molar-refractivity contribution is 9.10. The fourth-order valence-electron chi connectivity index (χ4n) is 1.95. The van der Waals surface area contributed by atoms with Crippen molar-refractivity contribution in [2.24, 2.45) is 5.73 Å². The van der Waals surface area contributed by atoms with Gasteiger partial charge in [0.2, 0.25) is 0 Å². The van der Waals surface area contributed by atoms with E-state index in [1.807, 2.05) is 19.1 Å². The quantitative estimate of drug-likeness (QED) is 0.937. The zero-order valence-corrected chi connectivity index (χ0v) is 11.6.